The predicted molar refractivity (Wildman–Crippen MR) is 77.0 cm³/mol. The maximum absolute atomic E-state index is 11.6. The highest BCUT2D eigenvalue weighted by Gasteiger charge is 2.16. The van der Waals surface area contributed by atoms with Gasteiger partial charge < -0.3 is 20.7 Å². The van der Waals surface area contributed by atoms with Crippen LogP contribution >= 0.6 is 12.4 Å². The number of rotatable bonds is 8. The lowest BCUT2D eigenvalue weighted by Gasteiger charge is -2.06. The van der Waals surface area contributed by atoms with Gasteiger partial charge in [-0.3, -0.25) is 9.36 Å². The highest BCUT2D eigenvalue weighted by atomic mass is 35.5. The minimum atomic E-state index is -0.573. The minimum Gasteiger partial charge on any atom is -0.358 e. The number of amides is 1. The van der Waals surface area contributed by atoms with Crippen LogP contribution in [-0.2, 0) is 11.3 Å². The SMILES string of the molecule is CCCNCCNC(=O)Cn1cc([N+](=O)[O-])nc1C.Cl. The zero-order chi connectivity index (χ0) is 14.3. The van der Waals surface area contributed by atoms with E-state index in [1.165, 1.54) is 10.8 Å². The Morgan fingerprint density at radius 1 is 1.45 bits per heavy atom. The third-order valence-electron chi connectivity index (χ3n) is 2.52. The first-order valence-corrected chi connectivity index (χ1v) is 6.20. The van der Waals surface area contributed by atoms with Crippen LogP contribution in [-0.4, -0.2) is 40.0 Å². The van der Waals surface area contributed by atoms with Gasteiger partial charge in [0.05, 0.1) is 0 Å². The van der Waals surface area contributed by atoms with Gasteiger partial charge in [0.25, 0.3) is 0 Å². The molecule has 1 aromatic heterocycles. The summed E-state index contributed by atoms with van der Waals surface area (Å²) in [6.07, 6.45) is 2.32. The third kappa shape index (κ3) is 5.98. The Labute approximate surface area is 123 Å². The van der Waals surface area contributed by atoms with Crippen molar-refractivity contribution in [2.24, 2.45) is 0 Å². The average molecular weight is 306 g/mol. The molecule has 0 saturated heterocycles. The zero-order valence-corrected chi connectivity index (χ0v) is 12.4. The molecule has 0 aliphatic rings. The first-order valence-electron chi connectivity index (χ1n) is 6.20. The molecule has 0 atom stereocenters. The van der Waals surface area contributed by atoms with Gasteiger partial charge >= 0.3 is 5.82 Å². The number of hydrogen-bond donors (Lipinski definition) is 2. The molecule has 0 spiro atoms. The van der Waals surface area contributed by atoms with Crippen molar-refractivity contribution >= 4 is 24.1 Å². The lowest BCUT2D eigenvalue weighted by Crippen LogP contribution is -2.34. The third-order valence-corrected chi connectivity index (χ3v) is 2.52. The Hall–Kier alpha value is -1.67. The van der Waals surface area contributed by atoms with E-state index in [1.807, 2.05) is 0 Å². The topological polar surface area (TPSA) is 102 Å². The number of imidazole rings is 1. The van der Waals surface area contributed by atoms with Crippen LogP contribution in [0.3, 0.4) is 0 Å². The number of nitrogens with zero attached hydrogens (tertiary/aromatic N) is 3. The first kappa shape index (κ1) is 18.3. The van der Waals surface area contributed by atoms with Crippen LogP contribution in [0.4, 0.5) is 5.82 Å². The van der Waals surface area contributed by atoms with Gasteiger partial charge in [0, 0.05) is 20.0 Å². The molecule has 1 amide bonds. The van der Waals surface area contributed by atoms with Gasteiger partial charge in [-0.1, -0.05) is 6.92 Å². The molecule has 0 bridgehead atoms. The molecule has 8 nitrogen and oxygen atoms in total. The monoisotopic (exact) mass is 305 g/mol. The number of hydrogen-bond acceptors (Lipinski definition) is 5. The number of aromatic nitrogens is 2. The van der Waals surface area contributed by atoms with Gasteiger partial charge in [-0.05, 0) is 22.9 Å². The second kappa shape index (κ2) is 9.27. The predicted octanol–water partition coefficient (Wildman–Crippen LogP) is 0.637. The molecule has 0 aliphatic carbocycles. The highest BCUT2D eigenvalue weighted by molar-refractivity contribution is 5.85. The summed E-state index contributed by atoms with van der Waals surface area (Å²) in [4.78, 5) is 25.3. The summed E-state index contributed by atoms with van der Waals surface area (Å²) < 4.78 is 1.47. The summed E-state index contributed by atoms with van der Waals surface area (Å²) in [5.41, 5.74) is 0. The van der Waals surface area contributed by atoms with Crippen molar-refractivity contribution in [2.45, 2.75) is 26.8 Å². The number of carbonyl (C=O) groups is 1. The maximum atomic E-state index is 11.6. The van der Waals surface area contributed by atoms with Gasteiger partial charge in [0.1, 0.15) is 12.7 Å². The average Bonchev–Trinajstić information content (AvgIpc) is 2.71. The molecule has 0 radical (unpaired) electrons. The van der Waals surface area contributed by atoms with Gasteiger partial charge in [-0.15, -0.1) is 12.4 Å². The normalized spacial score (nSPS) is 9.90. The molecule has 0 saturated carbocycles. The molecule has 114 valence electrons. The Morgan fingerprint density at radius 3 is 2.70 bits per heavy atom. The molecule has 1 rings (SSSR count). The van der Waals surface area contributed by atoms with E-state index in [4.69, 9.17) is 0 Å². The summed E-state index contributed by atoms with van der Waals surface area (Å²) in [7, 11) is 0. The minimum absolute atomic E-state index is 0. The summed E-state index contributed by atoms with van der Waals surface area (Å²) in [6.45, 7) is 5.91. The van der Waals surface area contributed by atoms with Gasteiger partial charge in [0.15, 0.2) is 0 Å². The number of aryl methyl sites for hydroxylation is 1. The lowest BCUT2D eigenvalue weighted by molar-refractivity contribution is -0.389. The molecule has 2 N–H and O–H groups in total. The van der Waals surface area contributed by atoms with Gasteiger partial charge in [-0.2, -0.15) is 0 Å². The van der Waals surface area contributed by atoms with E-state index in [9.17, 15) is 14.9 Å². The summed E-state index contributed by atoms with van der Waals surface area (Å²) in [6, 6.07) is 0. The standard InChI is InChI=1S/C11H19N5O3.ClH/c1-3-4-12-5-6-13-11(17)8-15-7-10(16(18)19)14-9(15)2;/h7,12H,3-6,8H2,1-2H3,(H,13,17);1H. The number of halogens is 1. The van der Waals surface area contributed by atoms with E-state index >= 15 is 0 Å². The van der Waals surface area contributed by atoms with Crippen molar-refractivity contribution in [3.05, 3.63) is 22.1 Å². The number of nitrogens with one attached hydrogen (secondary N) is 2. The van der Waals surface area contributed by atoms with Crippen LogP contribution in [0.1, 0.15) is 19.2 Å². The van der Waals surface area contributed by atoms with E-state index in [-0.39, 0.29) is 30.7 Å². The Bertz CT molecular complexity index is 449. The van der Waals surface area contributed by atoms with E-state index in [0.29, 0.717) is 18.9 Å². The molecular weight excluding hydrogens is 286 g/mol. The van der Waals surface area contributed by atoms with Gasteiger partial charge in [0.2, 0.25) is 11.7 Å². The van der Waals surface area contributed by atoms with Crippen molar-refractivity contribution in [1.82, 2.24) is 20.2 Å². The summed E-state index contributed by atoms with van der Waals surface area (Å²) in [5, 5.41) is 16.4. The number of carbonyl (C=O) groups excluding carboxylic acids is 1. The molecule has 9 heteroatoms. The molecule has 1 aromatic rings. The Balaban J connectivity index is 0.00000361. The van der Waals surface area contributed by atoms with Crippen molar-refractivity contribution in [3.63, 3.8) is 0 Å². The highest BCUT2D eigenvalue weighted by Crippen LogP contribution is 2.09. The largest absolute Gasteiger partial charge is 0.381 e. The fraction of sp³-hybridized carbons (Fsp3) is 0.636. The van der Waals surface area contributed by atoms with E-state index < -0.39 is 4.92 Å². The Kier molecular flexibility index (Phi) is 8.49. The fourth-order valence-corrected chi connectivity index (χ4v) is 1.54. The second-order valence-electron chi connectivity index (χ2n) is 4.13. The van der Waals surface area contributed by atoms with Crippen LogP contribution in [0.15, 0.2) is 6.20 Å². The van der Waals surface area contributed by atoms with Crippen molar-refractivity contribution < 1.29 is 9.72 Å². The molecule has 1 heterocycles. The maximum Gasteiger partial charge on any atom is 0.381 e. The van der Waals surface area contributed by atoms with Crippen LogP contribution in [0, 0.1) is 17.0 Å². The van der Waals surface area contributed by atoms with Crippen molar-refractivity contribution in [2.75, 3.05) is 19.6 Å². The summed E-state index contributed by atoms with van der Waals surface area (Å²) >= 11 is 0. The van der Waals surface area contributed by atoms with Crippen molar-refractivity contribution in [1.29, 1.82) is 0 Å². The van der Waals surface area contributed by atoms with Gasteiger partial charge in [-0.25, -0.2) is 0 Å². The van der Waals surface area contributed by atoms with E-state index in [0.717, 1.165) is 13.0 Å². The smallest absolute Gasteiger partial charge is 0.358 e. The molecule has 0 unspecified atom stereocenters. The van der Waals surface area contributed by atoms with Crippen LogP contribution < -0.4 is 10.6 Å². The van der Waals surface area contributed by atoms with Crippen LogP contribution in [0.25, 0.3) is 0 Å². The zero-order valence-electron chi connectivity index (χ0n) is 11.6. The van der Waals surface area contributed by atoms with Crippen LogP contribution in [0.2, 0.25) is 0 Å². The molecule has 0 aromatic carbocycles. The van der Waals surface area contributed by atoms with E-state index in [1.54, 1.807) is 6.92 Å². The Morgan fingerprint density at radius 2 is 2.15 bits per heavy atom. The number of nitro groups is 1. The first-order chi connectivity index (χ1) is 9.04. The molecule has 20 heavy (non-hydrogen) atoms. The second-order valence-corrected chi connectivity index (χ2v) is 4.13. The van der Waals surface area contributed by atoms with Crippen molar-refractivity contribution in [3.8, 4) is 0 Å². The lowest BCUT2D eigenvalue weighted by atomic mass is 10.4. The molecule has 0 fully saturated rings. The van der Waals surface area contributed by atoms with Crippen LogP contribution in [0.5, 0.6) is 0 Å². The van der Waals surface area contributed by atoms with E-state index in [2.05, 4.69) is 22.5 Å². The summed E-state index contributed by atoms with van der Waals surface area (Å²) in [5.74, 6) is 0.0227. The molecule has 0 aliphatic heterocycles. The quantitative estimate of drug-likeness (QED) is 0.417. The fourth-order valence-electron chi connectivity index (χ4n) is 1.54. The molecular formula is C11H20ClN5O3.